The lowest BCUT2D eigenvalue weighted by Crippen LogP contribution is -2.38. The van der Waals surface area contributed by atoms with Crippen LogP contribution in [0.5, 0.6) is 0 Å². The molecular weight excluding hydrogens is 240 g/mol. The van der Waals surface area contributed by atoms with Crippen molar-refractivity contribution in [3.05, 3.63) is 29.0 Å². The number of likely N-dealkylation sites (tertiary alicyclic amines) is 1. The van der Waals surface area contributed by atoms with Crippen molar-refractivity contribution >= 4 is 17.6 Å². The van der Waals surface area contributed by atoms with Crippen molar-refractivity contribution in [3.8, 4) is 0 Å². The van der Waals surface area contributed by atoms with Gasteiger partial charge in [-0.15, -0.1) is 0 Å². The van der Waals surface area contributed by atoms with E-state index in [0.29, 0.717) is 11.6 Å². The van der Waals surface area contributed by atoms with E-state index in [1.54, 1.807) is 12.4 Å². The van der Waals surface area contributed by atoms with Gasteiger partial charge in [-0.2, -0.15) is 0 Å². The van der Waals surface area contributed by atoms with Crippen molar-refractivity contribution in [1.29, 1.82) is 0 Å². The summed E-state index contributed by atoms with van der Waals surface area (Å²) in [4.78, 5) is 17.1. The number of aromatic nitrogens is 1. The zero-order valence-electron chi connectivity index (χ0n) is 9.64. The third-order valence-electron chi connectivity index (χ3n) is 3.29. The monoisotopic (exact) mass is 254 g/mol. The number of hydrogen-bond acceptors (Lipinski definition) is 3. The Morgan fingerprint density at radius 2 is 2.47 bits per heavy atom. The van der Waals surface area contributed by atoms with E-state index in [9.17, 15) is 9.90 Å². The molecule has 1 aromatic rings. The van der Waals surface area contributed by atoms with E-state index in [1.165, 1.54) is 0 Å². The van der Waals surface area contributed by atoms with Crippen LogP contribution in [-0.4, -0.2) is 33.5 Å². The molecule has 5 heteroatoms. The Hall–Kier alpha value is -1.13. The first kappa shape index (κ1) is 12.3. The largest absolute Gasteiger partial charge is 0.480 e. The van der Waals surface area contributed by atoms with Crippen LogP contribution in [0.1, 0.15) is 18.9 Å². The van der Waals surface area contributed by atoms with Crippen LogP contribution in [0, 0.1) is 5.92 Å². The van der Waals surface area contributed by atoms with Gasteiger partial charge in [0.2, 0.25) is 0 Å². The summed E-state index contributed by atoms with van der Waals surface area (Å²) in [6.45, 7) is 3.35. The standard InChI is InChI=1S/C12H15ClN2O2/c1-8-3-5-15(11(8)12(16)17)7-9-2-4-14-6-10(9)13/h2,4,6,8,11H,3,5,7H2,1H3,(H,16,17). The Bertz CT molecular complexity index is 425. The van der Waals surface area contributed by atoms with Gasteiger partial charge in [0.25, 0.3) is 0 Å². The predicted molar refractivity (Wildman–Crippen MR) is 64.9 cm³/mol. The van der Waals surface area contributed by atoms with Crippen LogP contribution in [0.25, 0.3) is 0 Å². The molecule has 2 unspecified atom stereocenters. The van der Waals surface area contributed by atoms with E-state index in [4.69, 9.17) is 11.6 Å². The van der Waals surface area contributed by atoms with Gasteiger partial charge in [-0.1, -0.05) is 18.5 Å². The summed E-state index contributed by atoms with van der Waals surface area (Å²) >= 11 is 6.03. The summed E-state index contributed by atoms with van der Waals surface area (Å²) in [6.07, 6.45) is 4.18. The van der Waals surface area contributed by atoms with E-state index >= 15 is 0 Å². The zero-order valence-corrected chi connectivity index (χ0v) is 10.4. The molecule has 0 aliphatic carbocycles. The van der Waals surface area contributed by atoms with Crippen LogP contribution < -0.4 is 0 Å². The molecule has 0 radical (unpaired) electrons. The molecule has 1 fully saturated rings. The van der Waals surface area contributed by atoms with Crippen molar-refractivity contribution < 1.29 is 9.90 Å². The number of rotatable bonds is 3. The minimum Gasteiger partial charge on any atom is -0.480 e. The molecule has 1 aliphatic rings. The van der Waals surface area contributed by atoms with Gasteiger partial charge in [0.1, 0.15) is 6.04 Å². The minimum absolute atomic E-state index is 0.188. The van der Waals surface area contributed by atoms with Crippen LogP contribution in [0.3, 0.4) is 0 Å². The van der Waals surface area contributed by atoms with Gasteiger partial charge in [0.15, 0.2) is 0 Å². The molecule has 0 saturated carbocycles. The first-order valence-corrected chi connectivity index (χ1v) is 6.02. The van der Waals surface area contributed by atoms with Gasteiger partial charge in [-0.05, 0) is 30.5 Å². The fraction of sp³-hybridized carbons (Fsp3) is 0.500. The highest BCUT2D eigenvalue weighted by Crippen LogP contribution is 2.27. The third-order valence-corrected chi connectivity index (χ3v) is 3.63. The minimum atomic E-state index is -0.750. The normalized spacial score (nSPS) is 25.1. The third kappa shape index (κ3) is 2.58. The molecule has 1 aromatic heterocycles. The number of carbonyl (C=O) groups is 1. The molecule has 0 spiro atoms. The van der Waals surface area contributed by atoms with Gasteiger partial charge in [-0.3, -0.25) is 14.7 Å². The molecule has 2 heterocycles. The highest BCUT2D eigenvalue weighted by molar-refractivity contribution is 6.31. The van der Waals surface area contributed by atoms with E-state index in [-0.39, 0.29) is 5.92 Å². The number of carboxylic acid groups (broad SMARTS) is 1. The lowest BCUT2D eigenvalue weighted by Gasteiger charge is -2.23. The second-order valence-corrected chi connectivity index (χ2v) is 4.89. The maximum Gasteiger partial charge on any atom is 0.321 e. The van der Waals surface area contributed by atoms with Crippen molar-refractivity contribution in [1.82, 2.24) is 9.88 Å². The molecule has 1 saturated heterocycles. The highest BCUT2D eigenvalue weighted by atomic mass is 35.5. The summed E-state index contributed by atoms with van der Waals surface area (Å²) in [5.74, 6) is -0.562. The van der Waals surface area contributed by atoms with Crippen molar-refractivity contribution in [3.63, 3.8) is 0 Å². The Morgan fingerprint density at radius 3 is 3.12 bits per heavy atom. The van der Waals surface area contributed by atoms with E-state index in [2.05, 4.69) is 4.98 Å². The number of carboxylic acids is 1. The van der Waals surface area contributed by atoms with Gasteiger partial charge in [0.05, 0.1) is 5.02 Å². The fourth-order valence-corrected chi connectivity index (χ4v) is 2.53. The van der Waals surface area contributed by atoms with E-state index in [0.717, 1.165) is 18.5 Å². The average molecular weight is 255 g/mol. The second kappa shape index (κ2) is 5.02. The molecule has 0 bridgehead atoms. The number of halogens is 1. The molecule has 2 atom stereocenters. The lowest BCUT2D eigenvalue weighted by molar-refractivity contribution is -0.143. The Morgan fingerprint density at radius 1 is 1.71 bits per heavy atom. The van der Waals surface area contributed by atoms with Crippen LogP contribution in [0.15, 0.2) is 18.5 Å². The van der Waals surface area contributed by atoms with E-state index in [1.807, 2.05) is 17.9 Å². The van der Waals surface area contributed by atoms with Crippen LogP contribution in [-0.2, 0) is 11.3 Å². The van der Waals surface area contributed by atoms with Gasteiger partial charge in [0, 0.05) is 18.9 Å². The Balaban J connectivity index is 2.14. The molecular formula is C12H15ClN2O2. The quantitative estimate of drug-likeness (QED) is 0.897. The molecule has 17 heavy (non-hydrogen) atoms. The van der Waals surface area contributed by atoms with Crippen LogP contribution in [0.4, 0.5) is 0 Å². The molecule has 92 valence electrons. The number of pyridine rings is 1. The molecule has 1 aliphatic heterocycles. The van der Waals surface area contributed by atoms with E-state index < -0.39 is 12.0 Å². The Kier molecular flexibility index (Phi) is 3.64. The lowest BCUT2D eigenvalue weighted by atomic mass is 10.0. The Labute approximate surface area is 105 Å². The molecule has 1 N–H and O–H groups in total. The molecule has 0 aromatic carbocycles. The topological polar surface area (TPSA) is 53.4 Å². The molecule has 4 nitrogen and oxygen atoms in total. The fourth-order valence-electron chi connectivity index (χ4n) is 2.35. The smallest absolute Gasteiger partial charge is 0.321 e. The maximum absolute atomic E-state index is 11.2. The summed E-state index contributed by atoms with van der Waals surface area (Å²) in [6, 6.07) is 1.43. The summed E-state index contributed by atoms with van der Waals surface area (Å²) in [5.41, 5.74) is 0.932. The SMILES string of the molecule is CC1CCN(Cc2ccncc2Cl)C1C(=O)O. The van der Waals surface area contributed by atoms with Gasteiger partial charge >= 0.3 is 5.97 Å². The average Bonchev–Trinajstić information content (AvgIpc) is 2.63. The van der Waals surface area contributed by atoms with Crippen molar-refractivity contribution in [2.24, 2.45) is 5.92 Å². The highest BCUT2D eigenvalue weighted by Gasteiger charge is 2.36. The first-order chi connectivity index (χ1) is 8.09. The van der Waals surface area contributed by atoms with Crippen LogP contribution >= 0.6 is 11.6 Å². The zero-order chi connectivity index (χ0) is 12.4. The molecule has 2 rings (SSSR count). The summed E-state index contributed by atoms with van der Waals surface area (Å²) < 4.78 is 0. The van der Waals surface area contributed by atoms with Gasteiger partial charge < -0.3 is 5.11 Å². The summed E-state index contributed by atoms with van der Waals surface area (Å²) in [7, 11) is 0. The van der Waals surface area contributed by atoms with Crippen molar-refractivity contribution in [2.75, 3.05) is 6.54 Å². The van der Waals surface area contributed by atoms with Gasteiger partial charge in [-0.25, -0.2) is 0 Å². The summed E-state index contributed by atoms with van der Waals surface area (Å²) in [5, 5.41) is 9.81. The second-order valence-electron chi connectivity index (χ2n) is 4.49. The van der Waals surface area contributed by atoms with Crippen LogP contribution in [0.2, 0.25) is 5.02 Å². The first-order valence-electron chi connectivity index (χ1n) is 5.65. The predicted octanol–water partition coefficient (Wildman–Crippen LogP) is 2.03. The van der Waals surface area contributed by atoms with Crippen molar-refractivity contribution in [2.45, 2.75) is 25.9 Å². The molecule has 0 amide bonds. The number of hydrogen-bond donors (Lipinski definition) is 1. The maximum atomic E-state index is 11.2. The number of nitrogens with zero attached hydrogens (tertiary/aromatic N) is 2. The number of aliphatic carboxylic acids is 1.